The maximum atomic E-state index is 6.24. The van der Waals surface area contributed by atoms with Gasteiger partial charge < -0.3 is 4.74 Å². The van der Waals surface area contributed by atoms with Gasteiger partial charge in [0.05, 0.1) is 0 Å². The van der Waals surface area contributed by atoms with Crippen molar-refractivity contribution in [3.05, 3.63) is 124 Å². The number of ether oxygens (including phenoxy) is 1. The molecular weight excluding hydrogens is 497 g/mol. The van der Waals surface area contributed by atoms with Crippen molar-refractivity contribution in [2.24, 2.45) is 0 Å². The molecule has 0 spiro atoms. The van der Waals surface area contributed by atoms with Crippen molar-refractivity contribution in [1.29, 1.82) is 0 Å². The SMILES string of the molecule is Clc1ccc(CSc2nnc(-c3ccc(OCc4ccccc4Cl)cc3)n2-c2ccccc2)cc1. The summed E-state index contributed by atoms with van der Waals surface area (Å²) in [5.74, 6) is 2.29. The number of hydrogen-bond donors (Lipinski definition) is 0. The molecule has 35 heavy (non-hydrogen) atoms. The highest BCUT2D eigenvalue weighted by atomic mass is 35.5. The highest BCUT2D eigenvalue weighted by molar-refractivity contribution is 7.98. The van der Waals surface area contributed by atoms with Gasteiger partial charge in [0.25, 0.3) is 0 Å². The Morgan fingerprint density at radius 3 is 2.20 bits per heavy atom. The molecule has 1 aromatic heterocycles. The van der Waals surface area contributed by atoms with Gasteiger partial charge in [0.2, 0.25) is 0 Å². The first-order valence-corrected chi connectivity index (χ1v) is 12.8. The Morgan fingerprint density at radius 1 is 0.743 bits per heavy atom. The largest absolute Gasteiger partial charge is 0.489 e. The Morgan fingerprint density at radius 2 is 1.46 bits per heavy atom. The molecule has 4 aromatic carbocycles. The van der Waals surface area contributed by atoms with Crippen LogP contribution >= 0.6 is 35.0 Å². The van der Waals surface area contributed by atoms with Crippen molar-refractivity contribution in [1.82, 2.24) is 14.8 Å². The fourth-order valence-corrected chi connectivity index (χ4v) is 4.79. The van der Waals surface area contributed by atoms with E-state index in [4.69, 9.17) is 27.9 Å². The predicted molar refractivity (Wildman–Crippen MR) is 144 cm³/mol. The minimum Gasteiger partial charge on any atom is -0.489 e. The summed E-state index contributed by atoms with van der Waals surface area (Å²) in [7, 11) is 0. The average Bonchev–Trinajstić information content (AvgIpc) is 3.33. The second-order valence-corrected chi connectivity index (χ2v) is 9.58. The molecule has 7 heteroatoms. The second kappa shape index (κ2) is 11.0. The molecule has 5 aromatic rings. The fourth-order valence-electron chi connectivity index (χ4n) is 3.57. The minimum atomic E-state index is 0.407. The molecule has 0 atom stereocenters. The molecule has 0 aliphatic heterocycles. The van der Waals surface area contributed by atoms with Crippen molar-refractivity contribution in [2.75, 3.05) is 0 Å². The fraction of sp³-hybridized carbons (Fsp3) is 0.0714. The van der Waals surface area contributed by atoms with E-state index in [9.17, 15) is 0 Å². The Balaban J connectivity index is 1.38. The topological polar surface area (TPSA) is 39.9 Å². The van der Waals surface area contributed by atoms with Gasteiger partial charge in [0.1, 0.15) is 12.4 Å². The van der Waals surface area contributed by atoms with Crippen LogP contribution in [0.15, 0.2) is 108 Å². The van der Waals surface area contributed by atoms with Gasteiger partial charge in [0, 0.05) is 32.6 Å². The number of nitrogens with zero attached hydrogens (tertiary/aromatic N) is 3. The third kappa shape index (κ3) is 5.70. The van der Waals surface area contributed by atoms with E-state index in [1.807, 2.05) is 91.0 Å². The van der Waals surface area contributed by atoms with Crippen molar-refractivity contribution in [3.63, 3.8) is 0 Å². The Bertz CT molecular complexity index is 1400. The van der Waals surface area contributed by atoms with Crippen LogP contribution in [0.25, 0.3) is 17.1 Å². The first-order chi connectivity index (χ1) is 17.2. The summed E-state index contributed by atoms with van der Waals surface area (Å²) in [6, 6.07) is 33.6. The van der Waals surface area contributed by atoms with Gasteiger partial charge in [-0.3, -0.25) is 4.57 Å². The average molecular weight is 518 g/mol. The van der Waals surface area contributed by atoms with E-state index >= 15 is 0 Å². The molecule has 0 fully saturated rings. The Kier molecular flexibility index (Phi) is 7.38. The zero-order valence-corrected chi connectivity index (χ0v) is 21.0. The summed E-state index contributed by atoms with van der Waals surface area (Å²) in [6.07, 6.45) is 0. The molecule has 0 saturated carbocycles. The molecule has 0 aliphatic carbocycles. The second-order valence-electron chi connectivity index (χ2n) is 7.80. The quantitative estimate of drug-likeness (QED) is 0.195. The lowest BCUT2D eigenvalue weighted by molar-refractivity contribution is 0.306. The monoisotopic (exact) mass is 517 g/mol. The lowest BCUT2D eigenvalue weighted by Gasteiger charge is -2.11. The summed E-state index contributed by atoms with van der Waals surface area (Å²) in [4.78, 5) is 0. The lowest BCUT2D eigenvalue weighted by atomic mass is 10.2. The van der Waals surface area contributed by atoms with Crippen molar-refractivity contribution in [3.8, 4) is 22.8 Å². The van der Waals surface area contributed by atoms with Crippen LogP contribution in [0.3, 0.4) is 0 Å². The van der Waals surface area contributed by atoms with E-state index in [-0.39, 0.29) is 0 Å². The number of benzene rings is 4. The van der Waals surface area contributed by atoms with E-state index in [2.05, 4.69) is 26.9 Å². The molecular formula is C28H21Cl2N3OS. The maximum Gasteiger partial charge on any atom is 0.196 e. The molecule has 0 N–H and O–H groups in total. The summed E-state index contributed by atoms with van der Waals surface area (Å²) in [5, 5.41) is 11.3. The van der Waals surface area contributed by atoms with Crippen molar-refractivity contribution < 1.29 is 4.74 Å². The number of para-hydroxylation sites is 1. The zero-order chi connectivity index (χ0) is 24.0. The summed E-state index contributed by atoms with van der Waals surface area (Å²) in [5.41, 5.74) is 4.07. The smallest absolute Gasteiger partial charge is 0.196 e. The maximum absolute atomic E-state index is 6.24. The normalized spacial score (nSPS) is 10.9. The summed E-state index contributed by atoms with van der Waals surface area (Å²) >= 11 is 13.9. The minimum absolute atomic E-state index is 0.407. The molecule has 5 rings (SSSR count). The highest BCUT2D eigenvalue weighted by Gasteiger charge is 2.16. The van der Waals surface area contributed by atoms with Gasteiger partial charge in [-0.15, -0.1) is 10.2 Å². The zero-order valence-electron chi connectivity index (χ0n) is 18.6. The molecule has 0 amide bonds. The molecule has 0 unspecified atom stereocenters. The van der Waals surface area contributed by atoms with Gasteiger partial charge in [-0.2, -0.15) is 0 Å². The first-order valence-electron chi connectivity index (χ1n) is 11.0. The van der Waals surface area contributed by atoms with Crippen LogP contribution < -0.4 is 4.74 Å². The van der Waals surface area contributed by atoms with Crippen LogP contribution in [0.4, 0.5) is 0 Å². The first kappa shape index (κ1) is 23.5. The summed E-state index contributed by atoms with van der Waals surface area (Å²) in [6.45, 7) is 0.407. The molecule has 4 nitrogen and oxygen atoms in total. The van der Waals surface area contributed by atoms with Crippen molar-refractivity contribution >= 4 is 35.0 Å². The number of rotatable bonds is 8. The van der Waals surface area contributed by atoms with Gasteiger partial charge in [0.15, 0.2) is 11.0 Å². The van der Waals surface area contributed by atoms with Crippen molar-refractivity contribution in [2.45, 2.75) is 17.5 Å². The van der Waals surface area contributed by atoms with Gasteiger partial charge in [-0.05, 0) is 60.2 Å². The van der Waals surface area contributed by atoms with Crippen LogP contribution in [0.1, 0.15) is 11.1 Å². The van der Waals surface area contributed by atoms with E-state index in [1.54, 1.807) is 11.8 Å². The number of thioether (sulfide) groups is 1. The van der Waals surface area contributed by atoms with Gasteiger partial charge in [-0.25, -0.2) is 0 Å². The third-order valence-corrected chi connectivity index (χ3v) is 7.01. The number of aromatic nitrogens is 3. The molecule has 0 aliphatic rings. The Labute approximate surface area is 218 Å². The van der Waals surface area contributed by atoms with Crippen LogP contribution in [0.5, 0.6) is 5.75 Å². The van der Waals surface area contributed by atoms with Gasteiger partial charge in [-0.1, -0.05) is 83.5 Å². The van der Waals surface area contributed by atoms with E-state index in [0.29, 0.717) is 11.6 Å². The lowest BCUT2D eigenvalue weighted by Crippen LogP contribution is -2.00. The predicted octanol–water partition coefficient (Wildman–Crippen LogP) is 8.11. The highest BCUT2D eigenvalue weighted by Crippen LogP contribution is 2.31. The number of halogens is 2. The Hall–Kier alpha value is -3.25. The number of hydrogen-bond acceptors (Lipinski definition) is 4. The standard InChI is InChI=1S/C28H21Cl2N3OS/c29-23-14-10-20(11-15-23)19-35-28-32-31-27(33(28)24-7-2-1-3-8-24)21-12-16-25(17-13-21)34-18-22-6-4-5-9-26(22)30/h1-17H,18-19H2. The third-order valence-electron chi connectivity index (χ3n) is 5.39. The molecule has 0 saturated heterocycles. The molecule has 174 valence electrons. The van der Waals surface area contributed by atoms with Crippen LogP contribution in [-0.2, 0) is 12.4 Å². The molecule has 0 radical (unpaired) electrons. The van der Waals surface area contributed by atoms with Crippen LogP contribution in [0, 0.1) is 0 Å². The van der Waals surface area contributed by atoms with Crippen LogP contribution in [-0.4, -0.2) is 14.8 Å². The molecule has 0 bridgehead atoms. The van der Waals surface area contributed by atoms with E-state index in [0.717, 1.165) is 44.3 Å². The summed E-state index contributed by atoms with van der Waals surface area (Å²) < 4.78 is 8.02. The van der Waals surface area contributed by atoms with Gasteiger partial charge >= 0.3 is 0 Å². The molecule has 1 heterocycles. The van der Waals surface area contributed by atoms with Crippen LogP contribution in [0.2, 0.25) is 10.0 Å². The van der Waals surface area contributed by atoms with E-state index in [1.165, 1.54) is 5.56 Å². The van der Waals surface area contributed by atoms with E-state index < -0.39 is 0 Å².